The molecule has 0 aromatic heterocycles. The number of allylic oxidation sites excluding steroid dienone is 7. The molecule has 5 heteroatoms. The third kappa shape index (κ3) is 38.6. The molecule has 5 nitrogen and oxygen atoms in total. The molecule has 0 fully saturated rings. The van der Waals surface area contributed by atoms with Gasteiger partial charge < -0.3 is 20.6 Å². The highest BCUT2D eigenvalue weighted by Gasteiger charge is 2.22. The average Bonchev–Trinajstić information content (AvgIpc) is 3.18. The molecule has 0 heterocycles. The van der Waals surface area contributed by atoms with Crippen molar-refractivity contribution in [3.05, 3.63) is 48.6 Å². The molecule has 3 atom stereocenters. The Hall–Kier alpha value is -1.69. The number of amides is 1. The van der Waals surface area contributed by atoms with Gasteiger partial charge in [0.15, 0.2) is 0 Å². The van der Waals surface area contributed by atoms with E-state index >= 15 is 0 Å². The van der Waals surface area contributed by atoms with Crippen LogP contribution in [0.15, 0.2) is 48.6 Å². The second kappa shape index (κ2) is 44.0. The van der Waals surface area contributed by atoms with E-state index in [0.29, 0.717) is 6.42 Å². The Bertz CT molecular complexity index is 881. The van der Waals surface area contributed by atoms with E-state index in [1.165, 1.54) is 161 Å². The van der Waals surface area contributed by atoms with Crippen molar-refractivity contribution in [3.63, 3.8) is 0 Å². The van der Waals surface area contributed by atoms with Crippen molar-refractivity contribution in [3.8, 4) is 0 Å². The maximum atomic E-state index is 12.5. The number of hydrogen-bond acceptors (Lipinski definition) is 4. The van der Waals surface area contributed by atoms with Crippen LogP contribution >= 0.6 is 0 Å². The number of aliphatic hydroxyl groups excluding tert-OH is 3. The SMILES string of the molecule is CCCCCCCCCCC/C=C\CCCCCCCCC(O)C(=O)NC(CO)C(O)/C=C/CC/C=C/CC/C=C/CCCCCCCCCCCCC. The standard InChI is InChI=1S/C49H91NO4/c1-3-5-7-9-11-13-15-17-19-21-23-24-26-27-29-31-33-35-37-39-41-43-47(52)46(45-51)50-49(54)48(53)44-42-40-38-36-34-32-30-28-25-22-20-18-16-14-12-10-8-6-4-2/h25-28,33,35,41,43,46-48,51-53H,3-24,29-32,34,36-40,42,44-45H2,1-2H3,(H,50,54)/b27-26+,28-25-,35-33+,43-41+. The van der Waals surface area contributed by atoms with E-state index in [-0.39, 0.29) is 6.61 Å². The van der Waals surface area contributed by atoms with Crippen LogP contribution in [0.2, 0.25) is 0 Å². The first-order chi connectivity index (χ1) is 26.6. The van der Waals surface area contributed by atoms with E-state index < -0.39 is 24.2 Å². The summed E-state index contributed by atoms with van der Waals surface area (Å²) in [6.45, 7) is 4.17. The van der Waals surface area contributed by atoms with Gasteiger partial charge in [0.2, 0.25) is 5.91 Å². The fourth-order valence-electron chi connectivity index (χ4n) is 6.92. The molecule has 0 bridgehead atoms. The smallest absolute Gasteiger partial charge is 0.249 e. The van der Waals surface area contributed by atoms with Crippen molar-refractivity contribution >= 4 is 5.91 Å². The van der Waals surface area contributed by atoms with Crippen molar-refractivity contribution in [2.45, 2.75) is 250 Å². The summed E-state index contributed by atoms with van der Waals surface area (Å²) in [5.41, 5.74) is 0. The van der Waals surface area contributed by atoms with E-state index in [1.54, 1.807) is 6.08 Å². The Morgan fingerprint density at radius 1 is 0.444 bits per heavy atom. The molecule has 1 amide bonds. The lowest BCUT2D eigenvalue weighted by atomic mass is 10.0. The third-order valence-corrected chi connectivity index (χ3v) is 10.6. The Morgan fingerprint density at radius 3 is 1.13 bits per heavy atom. The summed E-state index contributed by atoms with van der Waals surface area (Å²) < 4.78 is 0. The Morgan fingerprint density at radius 2 is 0.759 bits per heavy atom. The van der Waals surface area contributed by atoms with Crippen molar-refractivity contribution in [1.82, 2.24) is 5.32 Å². The highest BCUT2D eigenvalue weighted by Crippen LogP contribution is 2.14. The van der Waals surface area contributed by atoms with E-state index in [4.69, 9.17) is 0 Å². The second-order valence-electron chi connectivity index (χ2n) is 15.9. The molecule has 316 valence electrons. The summed E-state index contributed by atoms with van der Waals surface area (Å²) in [5.74, 6) is -0.522. The van der Waals surface area contributed by atoms with Gasteiger partial charge in [-0.05, 0) is 70.6 Å². The number of rotatable bonds is 42. The molecular weight excluding hydrogens is 667 g/mol. The Balaban J connectivity index is 3.74. The highest BCUT2D eigenvalue weighted by atomic mass is 16.3. The minimum absolute atomic E-state index is 0.384. The molecule has 0 saturated carbocycles. The third-order valence-electron chi connectivity index (χ3n) is 10.6. The first-order valence-electron chi connectivity index (χ1n) is 23.5. The number of hydrogen-bond donors (Lipinski definition) is 4. The summed E-state index contributed by atoms with van der Waals surface area (Å²) in [7, 11) is 0. The molecule has 4 N–H and O–H groups in total. The molecule has 0 spiro atoms. The van der Waals surface area contributed by atoms with Gasteiger partial charge in [0.05, 0.1) is 18.8 Å². The summed E-state index contributed by atoms with van der Waals surface area (Å²) in [6.07, 6.45) is 57.2. The second-order valence-corrected chi connectivity index (χ2v) is 15.9. The molecule has 0 aromatic carbocycles. The topological polar surface area (TPSA) is 89.8 Å². The molecular formula is C49H91NO4. The maximum Gasteiger partial charge on any atom is 0.249 e. The zero-order valence-corrected chi connectivity index (χ0v) is 35.8. The fourth-order valence-corrected chi connectivity index (χ4v) is 6.92. The first kappa shape index (κ1) is 52.3. The molecule has 0 aromatic rings. The lowest BCUT2D eigenvalue weighted by Gasteiger charge is -2.21. The minimum Gasteiger partial charge on any atom is -0.394 e. The normalized spacial score (nSPS) is 13.9. The Labute approximate surface area is 336 Å². The van der Waals surface area contributed by atoms with Gasteiger partial charge in [0, 0.05) is 0 Å². The molecule has 3 unspecified atom stereocenters. The zero-order chi connectivity index (χ0) is 39.4. The number of unbranched alkanes of at least 4 members (excludes halogenated alkanes) is 28. The van der Waals surface area contributed by atoms with Gasteiger partial charge in [-0.15, -0.1) is 0 Å². The van der Waals surface area contributed by atoms with Crippen LogP contribution in [-0.2, 0) is 4.79 Å². The first-order valence-corrected chi connectivity index (χ1v) is 23.5. The molecule has 0 radical (unpaired) electrons. The van der Waals surface area contributed by atoms with E-state index in [9.17, 15) is 20.1 Å². The highest BCUT2D eigenvalue weighted by molar-refractivity contribution is 5.80. The van der Waals surface area contributed by atoms with Crippen molar-refractivity contribution in [2.75, 3.05) is 6.61 Å². The molecule has 0 saturated heterocycles. The van der Waals surface area contributed by atoms with Gasteiger partial charge in [0.25, 0.3) is 0 Å². The fraction of sp³-hybridized carbons (Fsp3) is 0.816. The van der Waals surface area contributed by atoms with Crippen LogP contribution in [0.3, 0.4) is 0 Å². The number of carbonyl (C=O) groups is 1. The minimum atomic E-state index is -1.12. The van der Waals surface area contributed by atoms with Crippen LogP contribution in [0, 0.1) is 0 Å². The van der Waals surface area contributed by atoms with Gasteiger partial charge in [0.1, 0.15) is 6.10 Å². The zero-order valence-electron chi connectivity index (χ0n) is 35.8. The van der Waals surface area contributed by atoms with Gasteiger partial charge in [-0.3, -0.25) is 4.79 Å². The summed E-state index contributed by atoms with van der Waals surface area (Å²) in [6, 6.07) is -0.824. The maximum absolute atomic E-state index is 12.5. The Kier molecular flexibility index (Phi) is 42.7. The molecule has 0 aliphatic carbocycles. The predicted octanol–water partition coefficient (Wildman–Crippen LogP) is 13.7. The molecule has 0 aliphatic heterocycles. The number of nitrogens with one attached hydrogen (secondary N) is 1. The summed E-state index contributed by atoms with van der Waals surface area (Å²) >= 11 is 0. The molecule has 0 aliphatic rings. The van der Waals surface area contributed by atoms with Crippen molar-refractivity contribution in [2.24, 2.45) is 0 Å². The lowest BCUT2D eigenvalue weighted by Crippen LogP contribution is -2.48. The number of carbonyl (C=O) groups excluding carboxylic acids is 1. The lowest BCUT2D eigenvalue weighted by molar-refractivity contribution is -0.131. The summed E-state index contributed by atoms with van der Waals surface area (Å²) in [4.78, 5) is 12.5. The molecule has 0 rings (SSSR count). The van der Waals surface area contributed by atoms with Crippen LogP contribution in [0.4, 0.5) is 0 Å². The van der Waals surface area contributed by atoms with Crippen LogP contribution in [0.1, 0.15) is 232 Å². The largest absolute Gasteiger partial charge is 0.394 e. The van der Waals surface area contributed by atoms with Crippen LogP contribution < -0.4 is 5.32 Å². The summed E-state index contributed by atoms with van der Waals surface area (Å²) in [5, 5.41) is 33.2. The average molecular weight is 758 g/mol. The van der Waals surface area contributed by atoms with Gasteiger partial charge in [-0.1, -0.05) is 210 Å². The van der Waals surface area contributed by atoms with Crippen molar-refractivity contribution < 1.29 is 20.1 Å². The van der Waals surface area contributed by atoms with Crippen LogP contribution in [0.25, 0.3) is 0 Å². The predicted molar refractivity (Wildman–Crippen MR) is 236 cm³/mol. The van der Waals surface area contributed by atoms with Gasteiger partial charge >= 0.3 is 0 Å². The van der Waals surface area contributed by atoms with E-state index in [1.807, 2.05) is 6.08 Å². The van der Waals surface area contributed by atoms with Crippen LogP contribution in [0.5, 0.6) is 0 Å². The van der Waals surface area contributed by atoms with E-state index in [2.05, 4.69) is 55.6 Å². The van der Waals surface area contributed by atoms with Crippen LogP contribution in [-0.4, -0.2) is 46.1 Å². The number of aliphatic hydroxyl groups is 3. The van der Waals surface area contributed by atoms with Gasteiger partial charge in [-0.2, -0.15) is 0 Å². The monoisotopic (exact) mass is 758 g/mol. The molecule has 54 heavy (non-hydrogen) atoms. The quantitative estimate of drug-likeness (QED) is 0.0369. The van der Waals surface area contributed by atoms with Crippen molar-refractivity contribution in [1.29, 1.82) is 0 Å². The van der Waals surface area contributed by atoms with E-state index in [0.717, 1.165) is 51.4 Å². The van der Waals surface area contributed by atoms with Gasteiger partial charge in [-0.25, -0.2) is 0 Å².